The molecular weight excluding hydrogens is 608 g/mol. The number of anilines is 4. The minimum absolute atomic E-state index is 0.834. The highest BCUT2D eigenvalue weighted by Gasteiger charge is 2.01. The number of nitrogens with zero attached hydrogens (tertiary/aromatic N) is 8. The zero-order valence-electron chi connectivity index (χ0n) is 34.2. The molecule has 0 spiro atoms. The Morgan fingerprint density at radius 3 is 0.694 bits per heavy atom. The van der Waals surface area contributed by atoms with Gasteiger partial charge in [0, 0.05) is 105 Å². The molecule has 0 heterocycles. The van der Waals surface area contributed by atoms with E-state index in [4.69, 9.17) is 4.74 Å². The summed E-state index contributed by atoms with van der Waals surface area (Å²) < 4.78 is 5.37. The first-order chi connectivity index (χ1) is 22.9. The molecule has 0 saturated heterocycles. The molecule has 3 aromatic rings. The van der Waals surface area contributed by atoms with E-state index < -0.39 is 0 Å². The van der Waals surface area contributed by atoms with E-state index >= 15 is 0 Å². The first-order valence-electron chi connectivity index (χ1n) is 17.1. The quantitative estimate of drug-likeness (QED) is 0.204. The van der Waals surface area contributed by atoms with Crippen molar-refractivity contribution in [1.82, 2.24) is 19.6 Å². The second-order valence-electron chi connectivity index (χ2n) is 14.0. The van der Waals surface area contributed by atoms with E-state index in [0.717, 1.165) is 39.4 Å². The topological polar surface area (TPSA) is 35.2 Å². The molecule has 9 heteroatoms. The molecule has 0 aromatic heterocycles. The van der Waals surface area contributed by atoms with E-state index in [-0.39, 0.29) is 0 Å². The molecule has 0 N–H and O–H groups in total. The highest BCUT2D eigenvalue weighted by molar-refractivity contribution is 5.68. The van der Waals surface area contributed by atoms with Crippen LogP contribution in [0.25, 0.3) is 11.1 Å². The van der Waals surface area contributed by atoms with Crippen molar-refractivity contribution in [2.45, 2.75) is 0 Å². The molecule has 9 nitrogen and oxygen atoms in total. The molecule has 0 atom stereocenters. The summed E-state index contributed by atoms with van der Waals surface area (Å²) in [4.78, 5) is 17.0. The lowest BCUT2D eigenvalue weighted by molar-refractivity contribution is 0.104. The monoisotopic (exact) mass is 681 g/mol. The summed E-state index contributed by atoms with van der Waals surface area (Å²) in [5, 5.41) is 0. The van der Waals surface area contributed by atoms with Gasteiger partial charge in [0.2, 0.25) is 0 Å². The third-order valence-electron chi connectivity index (χ3n) is 7.34. The predicted octanol–water partition coefficient (Wildman–Crippen LogP) is 5.54. The van der Waals surface area contributed by atoms with Gasteiger partial charge < -0.3 is 43.9 Å². The fourth-order valence-corrected chi connectivity index (χ4v) is 3.95. The lowest BCUT2D eigenvalue weighted by Gasteiger charge is -2.16. The summed E-state index contributed by atoms with van der Waals surface area (Å²) in [5.41, 5.74) is 7.44. The number of hydrogen-bond donors (Lipinski definition) is 0. The SMILES string of the molecule is CN(C)CCN(C)C.CN(C)CCOCCN(C)C.CN(C)c1ccc(-c2ccc(N(C)C)cc2)cc1.CN(C)c1ccc(N(C)C)cc1. The van der Waals surface area contributed by atoms with E-state index in [9.17, 15) is 0 Å². The van der Waals surface area contributed by atoms with Gasteiger partial charge in [-0.2, -0.15) is 0 Å². The Morgan fingerprint density at radius 2 is 0.510 bits per heavy atom. The molecule has 0 fully saturated rings. The summed E-state index contributed by atoms with van der Waals surface area (Å²) in [6.07, 6.45) is 0. The maximum Gasteiger partial charge on any atom is 0.0593 e. The smallest absolute Gasteiger partial charge is 0.0593 e. The van der Waals surface area contributed by atoms with Crippen molar-refractivity contribution in [2.24, 2.45) is 0 Å². The largest absolute Gasteiger partial charge is 0.379 e. The van der Waals surface area contributed by atoms with Crippen LogP contribution in [0.2, 0.25) is 0 Å². The zero-order chi connectivity index (χ0) is 37.5. The number of benzene rings is 3. The van der Waals surface area contributed by atoms with Crippen LogP contribution in [-0.4, -0.2) is 172 Å². The van der Waals surface area contributed by atoms with Crippen molar-refractivity contribution in [3.8, 4) is 11.1 Å². The van der Waals surface area contributed by atoms with Gasteiger partial charge in [-0.1, -0.05) is 24.3 Å². The minimum atomic E-state index is 0.834. The first kappa shape index (κ1) is 45.7. The van der Waals surface area contributed by atoms with Crippen molar-refractivity contribution in [3.63, 3.8) is 0 Å². The molecule has 49 heavy (non-hydrogen) atoms. The average Bonchev–Trinajstić information content (AvgIpc) is 3.04. The normalized spacial score (nSPS) is 10.5. The number of ether oxygens (including phenoxy) is 1. The molecular formula is C40H72N8O. The molecule has 3 aromatic carbocycles. The van der Waals surface area contributed by atoms with Gasteiger partial charge in [0.05, 0.1) is 13.2 Å². The summed E-state index contributed by atoms with van der Waals surface area (Å²) in [6.45, 7) is 5.97. The lowest BCUT2D eigenvalue weighted by atomic mass is 10.0. The van der Waals surface area contributed by atoms with Crippen LogP contribution in [0.1, 0.15) is 0 Å². The third kappa shape index (κ3) is 22.8. The molecule has 0 aliphatic heterocycles. The Kier molecular flexibility index (Phi) is 23.9. The summed E-state index contributed by atoms with van der Waals surface area (Å²) in [5.74, 6) is 0. The van der Waals surface area contributed by atoms with E-state index in [1.54, 1.807) is 0 Å². The highest BCUT2D eigenvalue weighted by atomic mass is 16.5. The Hall–Kier alpha value is -3.34. The van der Waals surface area contributed by atoms with Gasteiger partial charge in [0.15, 0.2) is 0 Å². The van der Waals surface area contributed by atoms with E-state index in [1.807, 2.05) is 28.2 Å². The van der Waals surface area contributed by atoms with Crippen LogP contribution in [0, 0.1) is 0 Å². The lowest BCUT2D eigenvalue weighted by Crippen LogP contribution is -2.25. The van der Waals surface area contributed by atoms with Crippen LogP contribution in [-0.2, 0) is 4.74 Å². The Bertz CT molecular complexity index is 1100. The number of rotatable bonds is 14. The molecule has 0 unspecified atom stereocenters. The van der Waals surface area contributed by atoms with Gasteiger partial charge in [0.1, 0.15) is 0 Å². The van der Waals surface area contributed by atoms with Gasteiger partial charge in [-0.3, -0.25) is 0 Å². The Morgan fingerprint density at radius 1 is 0.306 bits per heavy atom. The van der Waals surface area contributed by atoms with Crippen molar-refractivity contribution in [3.05, 3.63) is 72.8 Å². The summed E-state index contributed by atoms with van der Waals surface area (Å²) >= 11 is 0. The van der Waals surface area contributed by atoms with Gasteiger partial charge in [-0.05, 0) is 116 Å². The van der Waals surface area contributed by atoms with Crippen LogP contribution in [0.5, 0.6) is 0 Å². The van der Waals surface area contributed by atoms with Crippen molar-refractivity contribution >= 4 is 22.7 Å². The molecule has 3 rings (SSSR count). The third-order valence-corrected chi connectivity index (χ3v) is 7.34. The summed E-state index contributed by atoms with van der Waals surface area (Å²) in [6, 6.07) is 25.7. The second kappa shape index (κ2) is 25.6. The predicted molar refractivity (Wildman–Crippen MR) is 221 cm³/mol. The number of likely N-dealkylation sites (N-methyl/N-ethyl adjacent to an activating group) is 4. The fourth-order valence-electron chi connectivity index (χ4n) is 3.95. The van der Waals surface area contributed by atoms with Crippen molar-refractivity contribution < 1.29 is 4.74 Å². The van der Waals surface area contributed by atoms with E-state index in [0.29, 0.717) is 0 Å². The van der Waals surface area contributed by atoms with E-state index in [2.05, 4.69) is 197 Å². The average molecular weight is 681 g/mol. The first-order valence-corrected chi connectivity index (χ1v) is 17.1. The van der Waals surface area contributed by atoms with Crippen molar-refractivity contribution in [1.29, 1.82) is 0 Å². The van der Waals surface area contributed by atoms with Crippen LogP contribution in [0.4, 0.5) is 22.7 Å². The minimum Gasteiger partial charge on any atom is -0.379 e. The zero-order valence-corrected chi connectivity index (χ0v) is 34.2. The van der Waals surface area contributed by atoms with Crippen LogP contribution < -0.4 is 19.6 Å². The highest BCUT2D eigenvalue weighted by Crippen LogP contribution is 2.24. The van der Waals surface area contributed by atoms with E-state index in [1.165, 1.54) is 33.9 Å². The summed E-state index contributed by atoms with van der Waals surface area (Å²) in [7, 11) is 33.0. The molecule has 278 valence electrons. The standard InChI is InChI=1S/C16H20N2.C10H16N2.C8H20N2O.C6H16N2/c1-17(2)15-9-5-13(6-10-15)14-7-11-16(12-8-14)18(3)4;1-11(2)9-5-7-10(8-6-9)12(3)4;1-9(2)5-7-11-8-6-10(3)4;1-7(2)5-6-8(3)4/h5-12H,1-4H3;5-8H,1-4H3;5-8H2,1-4H3;5-6H2,1-4H3. The molecule has 0 saturated carbocycles. The van der Waals surface area contributed by atoms with Crippen LogP contribution in [0.3, 0.4) is 0 Å². The second-order valence-corrected chi connectivity index (χ2v) is 14.0. The van der Waals surface area contributed by atoms with Gasteiger partial charge in [0.25, 0.3) is 0 Å². The fraction of sp³-hybridized carbons (Fsp3) is 0.550. The van der Waals surface area contributed by atoms with Gasteiger partial charge in [-0.25, -0.2) is 0 Å². The maximum atomic E-state index is 5.37. The van der Waals surface area contributed by atoms with Crippen LogP contribution in [0.15, 0.2) is 72.8 Å². The molecule has 0 bridgehead atoms. The van der Waals surface area contributed by atoms with Gasteiger partial charge in [-0.15, -0.1) is 0 Å². The Balaban J connectivity index is 0.000000658. The maximum absolute atomic E-state index is 5.37. The molecule has 0 radical (unpaired) electrons. The molecule has 0 aliphatic rings. The van der Waals surface area contributed by atoms with Crippen LogP contribution >= 0.6 is 0 Å². The van der Waals surface area contributed by atoms with Crippen molar-refractivity contribution in [2.75, 3.05) is 172 Å². The molecule has 0 aliphatic carbocycles. The Labute approximate surface area is 302 Å². The molecule has 0 amide bonds. The van der Waals surface area contributed by atoms with Gasteiger partial charge >= 0.3 is 0 Å². The number of hydrogen-bond acceptors (Lipinski definition) is 9.